The van der Waals surface area contributed by atoms with Crippen LogP contribution in [0, 0.1) is 0 Å². The van der Waals surface area contributed by atoms with Crippen molar-refractivity contribution >= 4 is 0 Å². The summed E-state index contributed by atoms with van der Waals surface area (Å²) in [5.41, 5.74) is 0.992. The van der Waals surface area contributed by atoms with E-state index in [1.54, 1.807) is 0 Å². The fourth-order valence-corrected chi connectivity index (χ4v) is 2.37. The molecule has 1 atom stereocenters. The molecule has 0 amide bonds. The van der Waals surface area contributed by atoms with Gasteiger partial charge in [-0.25, -0.2) is 0 Å². The minimum absolute atomic E-state index is 0.519. The van der Waals surface area contributed by atoms with Gasteiger partial charge in [0.05, 0.1) is 6.54 Å². The lowest BCUT2D eigenvalue weighted by molar-refractivity contribution is 0.177. The van der Waals surface area contributed by atoms with E-state index >= 15 is 0 Å². The molecule has 2 aromatic rings. The molecule has 3 rings (SSSR count). The monoisotopic (exact) mass is 258 g/mol. The highest BCUT2D eigenvalue weighted by atomic mass is 16.5. The molecule has 1 saturated heterocycles. The second kappa shape index (κ2) is 5.50. The number of aromatic nitrogens is 2. The molecule has 0 radical (unpaired) electrons. The van der Waals surface area contributed by atoms with Gasteiger partial charge in [-0.05, 0) is 6.92 Å². The van der Waals surface area contributed by atoms with E-state index in [1.807, 2.05) is 30.3 Å². The minimum atomic E-state index is 0.519. The summed E-state index contributed by atoms with van der Waals surface area (Å²) in [6.45, 7) is 5.97. The molecule has 0 aliphatic carbocycles. The largest absolute Gasteiger partial charge is 0.338 e. The number of hydrogen-bond acceptors (Lipinski definition) is 5. The molecule has 1 unspecified atom stereocenters. The summed E-state index contributed by atoms with van der Waals surface area (Å²) in [6.07, 6.45) is 0. The Morgan fingerprint density at radius 3 is 3.00 bits per heavy atom. The Morgan fingerprint density at radius 2 is 2.21 bits per heavy atom. The molecule has 1 aromatic carbocycles. The van der Waals surface area contributed by atoms with Crippen LogP contribution in [-0.4, -0.2) is 40.7 Å². The lowest BCUT2D eigenvalue weighted by Gasteiger charge is -2.30. The van der Waals surface area contributed by atoms with E-state index in [-0.39, 0.29) is 0 Å². The quantitative estimate of drug-likeness (QED) is 0.905. The van der Waals surface area contributed by atoms with E-state index in [1.165, 1.54) is 0 Å². The van der Waals surface area contributed by atoms with E-state index < -0.39 is 0 Å². The van der Waals surface area contributed by atoms with Gasteiger partial charge < -0.3 is 9.84 Å². The number of hydrogen-bond donors (Lipinski definition) is 1. The van der Waals surface area contributed by atoms with Crippen LogP contribution < -0.4 is 5.32 Å². The third-order valence-electron chi connectivity index (χ3n) is 3.31. The van der Waals surface area contributed by atoms with Crippen molar-refractivity contribution in [3.63, 3.8) is 0 Å². The summed E-state index contributed by atoms with van der Waals surface area (Å²) in [5.74, 6) is 1.35. The Kier molecular flexibility index (Phi) is 3.57. The number of nitrogens with one attached hydrogen (secondary N) is 1. The Balaban J connectivity index is 1.68. The van der Waals surface area contributed by atoms with Gasteiger partial charge in [0, 0.05) is 31.2 Å². The van der Waals surface area contributed by atoms with Crippen LogP contribution in [0.4, 0.5) is 0 Å². The molecule has 2 heterocycles. The maximum Gasteiger partial charge on any atom is 0.241 e. The summed E-state index contributed by atoms with van der Waals surface area (Å²) in [7, 11) is 0. The van der Waals surface area contributed by atoms with Crippen molar-refractivity contribution in [2.45, 2.75) is 19.5 Å². The Labute approximate surface area is 112 Å². The normalized spacial score (nSPS) is 20.6. The molecule has 0 saturated carbocycles. The molecule has 1 aliphatic rings. The highest BCUT2D eigenvalue weighted by Gasteiger charge is 2.18. The third kappa shape index (κ3) is 3.00. The summed E-state index contributed by atoms with van der Waals surface area (Å²) < 4.78 is 5.33. The maximum absolute atomic E-state index is 5.33. The molecule has 0 bridgehead atoms. The van der Waals surface area contributed by atoms with E-state index in [4.69, 9.17) is 4.52 Å². The lowest BCUT2D eigenvalue weighted by Crippen LogP contribution is -2.48. The summed E-state index contributed by atoms with van der Waals surface area (Å²) in [5, 5.41) is 7.46. The second-order valence-corrected chi connectivity index (χ2v) is 4.97. The third-order valence-corrected chi connectivity index (χ3v) is 3.31. The molecule has 1 aromatic heterocycles. The van der Waals surface area contributed by atoms with Gasteiger partial charge in [0.15, 0.2) is 0 Å². The van der Waals surface area contributed by atoms with Crippen LogP contribution >= 0.6 is 0 Å². The molecule has 5 nitrogen and oxygen atoms in total. The molecule has 5 heteroatoms. The summed E-state index contributed by atoms with van der Waals surface area (Å²) in [6, 6.07) is 10.4. The van der Waals surface area contributed by atoms with Crippen LogP contribution in [0.2, 0.25) is 0 Å². The first-order chi connectivity index (χ1) is 9.31. The average molecular weight is 258 g/mol. The van der Waals surface area contributed by atoms with Gasteiger partial charge >= 0.3 is 0 Å². The SMILES string of the molecule is CC1CN(Cc2nc(-c3ccccc3)no2)CCN1. The Hall–Kier alpha value is -1.72. The van der Waals surface area contributed by atoms with Crippen molar-refractivity contribution in [3.05, 3.63) is 36.2 Å². The lowest BCUT2D eigenvalue weighted by atomic mass is 10.2. The fraction of sp³-hybridized carbons (Fsp3) is 0.429. The van der Waals surface area contributed by atoms with Crippen LogP contribution in [-0.2, 0) is 6.54 Å². The van der Waals surface area contributed by atoms with Gasteiger partial charge in [-0.1, -0.05) is 35.5 Å². The van der Waals surface area contributed by atoms with Crippen molar-refractivity contribution in [2.24, 2.45) is 0 Å². The molecule has 100 valence electrons. The average Bonchev–Trinajstić information content (AvgIpc) is 2.88. The number of piperazine rings is 1. The van der Waals surface area contributed by atoms with Gasteiger partial charge in [-0.2, -0.15) is 4.98 Å². The number of rotatable bonds is 3. The summed E-state index contributed by atoms with van der Waals surface area (Å²) >= 11 is 0. The molecule has 1 N–H and O–H groups in total. The molecular formula is C14H18N4O. The highest BCUT2D eigenvalue weighted by molar-refractivity contribution is 5.53. The molecule has 1 fully saturated rings. The van der Waals surface area contributed by atoms with E-state index in [0.717, 1.165) is 31.7 Å². The van der Waals surface area contributed by atoms with Crippen LogP contribution in [0.3, 0.4) is 0 Å². The van der Waals surface area contributed by atoms with Gasteiger partial charge in [-0.15, -0.1) is 0 Å². The van der Waals surface area contributed by atoms with Gasteiger partial charge in [0.2, 0.25) is 11.7 Å². The Morgan fingerprint density at radius 1 is 1.37 bits per heavy atom. The first kappa shape index (κ1) is 12.3. The number of benzene rings is 1. The molecule has 19 heavy (non-hydrogen) atoms. The Bertz CT molecular complexity index is 525. The molecule has 0 spiro atoms. The van der Waals surface area contributed by atoms with Crippen molar-refractivity contribution in [3.8, 4) is 11.4 Å². The smallest absolute Gasteiger partial charge is 0.241 e. The zero-order chi connectivity index (χ0) is 13.1. The molecule has 1 aliphatic heterocycles. The zero-order valence-electron chi connectivity index (χ0n) is 11.0. The van der Waals surface area contributed by atoms with Crippen molar-refractivity contribution in [1.82, 2.24) is 20.4 Å². The van der Waals surface area contributed by atoms with E-state index in [0.29, 0.717) is 17.8 Å². The predicted molar refractivity (Wildman–Crippen MR) is 72.5 cm³/mol. The highest BCUT2D eigenvalue weighted by Crippen LogP contribution is 2.15. The zero-order valence-corrected chi connectivity index (χ0v) is 11.0. The van der Waals surface area contributed by atoms with Crippen LogP contribution in [0.15, 0.2) is 34.9 Å². The van der Waals surface area contributed by atoms with Crippen molar-refractivity contribution in [2.75, 3.05) is 19.6 Å². The van der Waals surface area contributed by atoms with Crippen LogP contribution in [0.25, 0.3) is 11.4 Å². The van der Waals surface area contributed by atoms with Crippen LogP contribution in [0.1, 0.15) is 12.8 Å². The van der Waals surface area contributed by atoms with Gasteiger partial charge in [0.1, 0.15) is 0 Å². The molecular weight excluding hydrogens is 240 g/mol. The van der Waals surface area contributed by atoms with Gasteiger partial charge in [0.25, 0.3) is 0 Å². The first-order valence-electron chi connectivity index (χ1n) is 6.65. The maximum atomic E-state index is 5.33. The van der Waals surface area contributed by atoms with E-state index in [2.05, 4.69) is 27.3 Å². The number of nitrogens with zero attached hydrogens (tertiary/aromatic N) is 3. The van der Waals surface area contributed by atoms with Crippen molar-refractivity contribution in [1.29, 1.82) is 0 Å². The predicted octanol–water partition coefficient (Wildman–Crippen LogP) is 1.53. The first-order valence-corrected chi connectivity index (χ1v) is 6.65. The second-order valence-electron chi connectivity index (χ2n) is 4.97. The van der Waals surface area contributed by atoms with Crippen molar-refractivity contribution < 1.29 is 4.52 Å². The standard InChI is InChI=1S/C14H18N4O/c1-11-9-18(8-7-15-11)10-13-16-14(17-19-13)12-5-3-2-4-6-12/h2-6,11,15H,7-10H2,1H3. The summed E-state index contributed by atoms with van der Waals surface area (Å²) in [4.78, 5) is 6.80. The van der Waals surface area contributed by atoms with E-state index in [9.17, 15) is 0 Å². The van der Waals surface area contributed by atoms with Crippen LogP contribution in [0.5, 0.6) is 0 Å². The fourth-order valence-electron chi connectivity index (χ4n) is 2.37. The van der Waals surface area contributed by atoms with Gasteiger partial charge in [-0.3, -0.25) is 4.90 Å². The topological polar surface area (TPSA) is 54.2 Å². The minimum Gasteiger partial charge on any atom is -0.338 e.